The highest BCUT2D eigenvalue weighted by Gasteiger charge is 2.28. The van der Waals surface area contributed by atoms with E-state index in [2.05, 4.69) is 28.6 Å². The van der Waals surface area contributed by atoms with E-state index in [0.29, 0.717) is 0 Å². The molecule has 0 rings (SSSR count). The van der Waals surface area contributed by atoms with Crippen LogP contribution in [0.15, 0.2) is 0 Å². The minimum Gasteiger partial charge on any atom is -0.480 e. The molecule has 0 aromatic heterocycles. The van der Waals surface area contributed by atoms with Crippen molar-refractivity contribution in [2.45, 2.75) is 57.8 Å². The lowest BCUT2D eigenvalue weighted by Gasteiger charge is -2.24. The number of nitrogens with one attached hydrogen (secondary N) is 3. The van der Waals surface area contributed by atoms with Crippen LogP contribution in [0.5, 0.6) is 0 Å². The summed E-state index contributed by atoms with van der Waals surface area (Å²) in [5.41, 5.74) is 10.6. The van der Waals surface area contributed by atoms with Crippen LogP contribution in [-0.2, 0) is 24.0 Å². The Balaban J connectivity index is 5.01. The molecular formula is C16H29N5O6S. The van der Waals surface area contributed by atoms with Crippen LogP contribution in [0.4, 0.5) is 0 Å². The zero-order valence-electron chi connectivity index (χ0n) is 16.1. The van der Waals surface area contributed by atoms with Crippen LogP contribution in [0.1, 0.15) is 33.6 Å². The quantitative estimate of drug-likeness (QED) is 0.173. The molecule has 28 heavy (non-hydrogen) atoms. The number of aliphatic carboxylic acids is 1. The second-order valence-electron chi connectivity index (χ2n) is 6.78. The number of carbonyl (C=O) groups excluding carboxylic acids is 4. The van der Waals surface area contributed by atoms with Gasteiger partial charge in [0.15, 0.2) is 0 Å². The molecule has 0 bridgehead atoms. The third-order valence-corrected chi connectivity index (χ3v) is 4.01. The number of amides is 4. The summed E-state index contributed by atoms with van der Waals surface area (Å²) in [7, 11) is 0. The first kappa shape index (κ1) is 25.7. The highest BCUT2D eigenvalue weighted by molar-refractivity contribution is 7.80. The smallest absolute Gasteiger partial charge is 0.327 e. The number of nitrogens with two attached hydrogens (primary N) is 2. The van der Waals surface area contributed by atoms with Crippen molar-refractivity contribution >= 4 is 42.2 Å². The van der Waals surface area contributed by atoms with Gasteiger partial charge in [-0.2, -0.15) is 12.6 Å². The Morgan fingerprint density at radius 2 is 1.46 bits per heavy atom. The largest absolute Gasteiger partial charge is 0.480 e. The molecule has 0 radical (unpaired) electrons. The molecule has 8 N–H and O–H groups in total. The third-order valence-electron chi connectivity index (χ3n) is 3.65. The highest BCUT2D eigenvalue weighted by atomic mass is 32.1. The van der Waals surface area contributed by atoms with Crippen molar-refractivity contribution in [3.63, 3.8) is 0 Å². The van der Waals surface area contributed by atoms with E-state index in [1.807, 2.05) is 13.8 Å². The Bertz CT molecular complexity index is 600. The number of rotatable bonds is 12. The van der Waals surface area contributed by atoms with Gasteiger partial charge in [0.05, 0.1) is 12.5 Å². The van der Waals surface area contributed by atoms with Gasteiger partial charge in [-0.3, -0.25) is 19.2 Å². The molecule has 0 heterocycles. The predicted molar refractivity (Wildman–Crippen MR) is 104 cm³/mol. The number of primary amides is 1. The van der Waals surface area contributed by atoms with E-state index in [-0.39, 0.29) is 24.5 Å². The Hall–Kier alpha value is -2.34. The Kier molecular flexibility index (Phi) is 11.2. The standard InChI is InChI=1S/C16H29N5O6S/c1-7(2)4-10(20-14(24)9(17)5-12(18)22)15(25)19-8(3)13(23)21-11(6-28)16(26)27/h7-11,28H,4-6,17H2,1-3H3,(H2,18,22)(H,19,25)(H,20,24)(H,21,23)(H,26,27). The summed E-state index contributed by atoms with van der Waals surface area (Å²) >= 11 is 3.84. The Morgan fingerprint density at radius 3 is 1.89 bits per heavy atom. The molecule has 0 fully saturated rings. The lowest BCUT2D eigenvalue weighted by Crippen LogP contribution is -2.57. The van der Waals surface area contributed by atoms with Gasteiger partial charge in [-0.05, 0) is 19.3 Å². The number of hydrogen-bond acceptors (Lipinski definition) is 7. The fraction of sp³-hybridized carbons (Fsp3) is 0.688. The van der Waals surface area contributed by atoms with Crippen LogP contribution in [0.3, 0.4) is 0 Å². The number of carbonyl (C=O) groups is 5. The topological polar surface area (TPSA) is 194 Å². The third kappa shape index (κ3) is 9.55. The lowest BCUT2D eigenvalue weighted by atomic mass is 10.0. The van der Waals surface area contributed by atoms with Gasteiger partial charge in [0, 0.05) is 5.75 Å². The molecule has 4 amide bonds. The molecular weight excluding hydrogens is 390 g/mol. The van der Waals surface area contributed by atoms with Crippen LogP contribution >= 0.6 is 12.6 Å². The van der Waals surface area contributed by atoms with Crippen molar-refractivity contribution in [2.75, 3.05) is 5.75 Å². The SMILES string of the molecule is CC(C)CC(NC(=O)C(N)CC(N)=O)C(=O)NC(C)C(=O)NC(CS)C(=O)O. The first-order chi connectivity index (χ1) is 12.9. The number of thiol groups is 1. The number of hydrogen-bond donors (Lipinski definition) is 7. The summed E-state index contributed by atoms with van der Waals surface area (Å²) in [6.07, 6.45) is -0.120. The summed E-state index contributed by atoms with van der Waals surface area (Å²) in [6.45, 7) is 5.03. The van der Waals surface area contributed by atoms with Gasteiger partial charge in [-0.25, -0.2) is 4.79 Å². The average Bonchev–Trinajstić information content (AvgIpc) is 2.57. The van der Waals surface area contributed by atoms with Gasteiger partial charge in [-0.1, -0.05) is 13.8 Å². The minimum atomic E-state index is -1.25. The van der Waals surface area contributed by atoms with Gasteiger partial charge < -0.3 is 32.5 Å². The maximum atomic E-state index is 12.5. The monoisotopic (exact) mass is 419 g/mol. The second-order valence-corrected chi connectivity index (χ2v) is 7.15. The maximum absolute atomic E-state index is 12.5. The van der Waals surface area contributed by atoms with E-state index in [0.717, 1.165) is 0 Å². The zero-order chi connectivity index (χ0) is 22.0. The molecule has 11 nitrogen and oxygen atoms in total. The van der Waals surface area contributed by atoms with Crippen LogP contribution in [-0.4, -0.2) is 64.6 Å². The summed E-state index contributed by atoms with van der Waals surface area (Å²) in [6, 6.07) is -4.46. The summed E-state index contributed by atoms with van der Waals surface area (Å²) in [4.78, 5) is 58.5. The molecule has 0 aliphatic heterocycles. The van der Waals surface area contributed by atoms with Gasteiger partial charge >= 0.3 is 5.97 Å². The minimum absolute atomic E-state index is 0.0214. The van der Waals surface area contributed by atoms with Crippen LogP contribution < -0.4 is 27.4 Å². The van der Waals surface area contributed by atoms with E-state index in [1.165, 1.54) is 6.92 Å². The zero-order valence-corrected chi connectivity index (χ0v) is 17.0. The Morgan fingerprint density at radius 1 is 0.929 bits per heavy atom. The molecule has 0 aromatic rings. The van der Waals surface area contributed by atoms with Crippen LogP contribution in [0, 0.1) is 5.92 Å². The van der Waals surface area contributed by atoms with Crippen molar-refractivity contribution < 1.29 is 29.1 Å². The van der Waals surface area contributed by atoms with E-state index < -0.39 is 53.8 Å². The van der Waals surface area contributed by atoms with Crippen molar-refractivity contribution in [1.29, 1.82) is 0 Å². The molecule has 4 atom stereocenters. The van der Waals surface area contributed by atoms with Crippen molar-refractivity contribution in [3.05, 3.63) is 0 Å². The van der Waals surface area contributed by atoms with Gasteiger partial charge in [0.25, 0.3) is 0 Å². The van der Waals surface area contributed by atoms with Crippen molar-refractivity contribution in [2.24, 2.45) is 17.4 Å². The van der Waals surface area contributed by atoms with E-state index in [9.17, 15) is 24.0 Å². The van der Waals surface area contributed by atoms with Gasteiger partial charge in [0.2, 0.25) is 23.6 Å². The Labute approximate surface area is 168 Å². The average molecular weight is 420 g/mol. The highest BCUT2D eigenvalue weighted by Crippen LogP contribution is 2.06. The van der Waals surface area contributed by atoms with E-state index >= 15 is 0 Å². The molecule has 0 saturated heterocycles. The molecule has 4 unspecified atom stereocenters. The maximum Gasteiger partial charge on any atom is 0.327 e. The molecule has 0 spiro atoms. The molecule has 0 aromatic carbocycles. The first-order valence-electron chi connectivity index (χ1n) is 8.67. The van der Waals surface area contributed by atoms with Crippen molar-refractivity contribution in [3.8, 4) is 0 Å². The van der Waals surface area contributed by atoms with E-state index in [1.54, 1.807) is 0 Å². The van der Waals surface area contributed by atoms with Crippen molar-refractivity contribution in [1.82, 2.24) is 16.0 Å². The normalized spacial score (nSPS) is 15.1. The number of carboxylic acid groups (broad SMARTS) is 1. The molecule has 0 saturated carbocycles. The van der Waals surface area contributed by atoms with E-state index in [4.69, 9.17) is 16.6 Å². The lowest BCUT2D eigenvalue weighted by molar-refractivity contribution is -0.141. The second kappa shape index (κ2) is 12.2. The molecule has 12 heteroatoms. The number of carboxylic acids is 1. The predicted octanol–water partition coefficient (Wildman–Crippen LogP) is -2.28. The van der Waals surface area contributed by atoms with Gasteiger partial charge in [0.1, 0.15) is 18.1 Å². The molecule has 0 aliphatic carbocycles. The van der Waals surface area contributed by atoms with Crippen LogP contribution in [0.25, 0.3) is 0 Å². The first-order valence-corrected chi connectivity index (χ1v) is 9.30. The fourth-order valence-corrected chi connectivity index (χ4v) is 2.40. The summed E-state index contributed by atoms with van der Waals surface area (Å²) in [5.74, 6) is -4.19. The van der Waals surface area contributed by atoms with Gasteiger partial charge in [-0.15, -0.1) is 0 Å². The molecule has 160 valence electrons. The van der Waals surface area contributed by atoms with Crippen LogP contribution in [0.2, 0.25) is 0 Å². The fourth-order valence-electron chi connectivity index (χ4n) is 2.15. The summed E-state index contributed by atoms with van der Waals surface area (Å²) < 4.78 is 0. The summed E-state index contributed by atoms with van der Waals surface area (Å²) in [5, 5.41) is 16.1. The molecule has 0 aliphatic rings.